The third kappa shape index (κ3) is 44.6. The summed E-state index contributed by atoms with van der Waals surface area (Å²) in [5.41, 5.74) is 0. The van der Waals surface area contributed by atoms with Gasteiger partial charge < -0.3 is 42.5 Å². The van der Waals surface area contributed by atoms with Gasteiger partial charge in [-0.2, -0.15) is 0 Å². The Bertz CT molecular complexity index is 1250. The molecule has 2 unspecified atom stereocenters. The fraction of sp³-hybridized carbons (Fsp3) is 1.00. The summed E-state index contributed by atoms with van der Waals surface area (Å²) in [5, 5.41) is 9.96. The molecule has 62 heavy (non-hydrogen) atoms. The van der Waals surface area contributed by atoms with Crippen LogP contribution in [0, 0.1) is 47.3 Å². The quantitative estimate of drug-likeness (QED) is 0.0415. The van der Waals surface area contributed by atoms with Crippen molar-refractivity contribution in [1.82, 2.24) is 0 Å². The number of aliphatic hydroxyl groups excluding tert-OH is 1. The van der Waals surface area contributed by atoms with Crippen LogP contribution in [0.15, 0.2) is 0 Å². The first-order valence-electron chi connectivity index (χ1n) is 25.8. The van der Waals surface area contributed by atoms with Crippen LogP contribution in [0.25, 0.3) is 0 Å². The maximum absolute atomic E-state index is 12.6. The Kier molecular flexibility index (Phi) is 40.8. The zero-order valence-corrected chi connectivity index (χ0v) is 47.8. The SMILES string of the molecule is [2H]C([2H])([2H])[C@]([2H])(CCC[C@H](C)CCC[C@H](C)CCCC(C)C)CCOC[C@@H](COP(=O)([O-])OC[C@H](O)COP(=O)([O-])OC)OCC[C@H](C)CCC[C@H](C)CCC[C@H](C)CCCC(C)C.[Na+].[Na+]. The summed E-state index contributed by atoms with van der Waals surface area (Å²) >= 11 is 0. The number of aliphatic hydroxyl groups is 1. The van der Waals surface area contributed by atoms with Crippen molar-refractivity contribution in [2.75, 3.05) is 46.8 Å². The zero-order valence-electron chi connectivity index (χ0n) is 46.0. The van der Waals surface area contributed by atoms with E-state index in [1.54, 1.807) is 0 Å². The van der Waals surface area contributed by atoms with Crippen LogP contribution in [0.1, 0.15) is 203 Å². The fourth-order valence-electron chi connectivity index (χ4n) is 7.36. The van der Waals surface area contributed by atoms with Gasteiger partial charge in [-0.3, -0.25) is 9.13 Å². The Labute approximate surface area is 432 Å². The Morgan fingerprint density at radius 2 is 0.887 bits per heavy atom. The molecule has 0 aliphatic heterocycles. The van der Waals surface area contributed by atoms with Crippen molar-refractivity contribution in [3.8, 4) is 0 Å². The summed E-state index contributed by atoms with van der Waals surface area (Å²) in [6.07, 6.45) is 18.2. The molecular formula is C47H96Na2O11P2. The monoisotopic (exact) mass is 949 g/mol. The number of hydrogen-bond donors (Lipinski definition) is 1. The van der Waals surface area contributed by atoms with E-state index in [0.29, 0.717) is 36.7 Å². The van der Waals surface area contributed by atoms with E-state index in [4.69, 9.17) is 24.0 Å². The molecule has 362 valence electrons. The van der Waals surface area contributed by atoms with Crippen molar-refractivity contribution >= 4 is 15.6 Å². The molecule has 0 rings (SSSR count). The van der Waals surface area contributed by atoms with Gasteiger partial charge in [0.15, 0.2) is 0 Å². The molecule has 0 saturated carbocycles. The van der Waals surface area contributed by atoms with Crippen LogP contribution in [0.5, 0.6) is 0 Å². The molecule has 1 N–H and O–H groups in total. The molecule has 10 atom stereocenters. The maximum Gasteiger partial charge on any atom is 1.00 e. The van der Waals surface area contributed by atoms with Gasteiger partial charge >= 0.3 is 59.1 Å². The molecular weight excluding hydrogens is 848 g/mol. The minimum Gasteiger partial charge on any atom is -0.756 e. The van der Waals surface area contributed by atoms with Gasteiger partial charge in [-0.1, -0.05) is 185 Å². The van der Waals surface area contributed by atoms with Crippen molar-refractivity contribution in [3.05, 3.63) is 0 Å². The second kappa shape index (κ2) is 42.0. The molecule has 0 aromatic heterocycles. The van der Waals surface area contributed by atoms with E-state index < -0.39 is 60.4 Å². The zero-order chi connectivity index (χ0) is 48.8. The Balaban J connectivity index is -0.0000198. The Morgan fingerprint density at radius 1 is 0.516 bits per heavy atom. The molecule has 0 fully saturated rings. The summed E-state index contributed by atoms with van der Waals surface area (Å²) in [4.78, 5) is 24.0. The van der Waals surface area contributed by atoms with E-state index in [-0.39, 0.29) is 85.2 Å². The van der Waals surface area contributed by atoms with Crippen LogP contribution < -0.4 is 68.9 Å². The molecule has 0 spiro atoms. The van der Waals surface area contributed by atoms with Crippen LogP contribution in [-0.4, -0.2) is 64.1 Å². The first-order chi connectivity index (χ1) is 29.8. The molecule has 15 heteroatoms. The summed E-state index contributed by atoms with van der Waals surface area (Å²) in [6.45, 7) is 16.1. The van der Waals surface area contributed by atoms with Crippen molar-refractivity contribution in [1.29, 1.82) is 0 Å². The number of phosphoric acid groups is 2. The predicted molar refractivity (Wildman–Crippen MR) is 244 cm³/mol. The Hall–Kier alpha value is 2.10. The topological polar surface area (TPSA) is 156 Å². The molecule has 0 aliphatic carbocycles. The van der Waals surface area contributed by atoms with Crippen molar-refractivity contribution in [3.63, 3.8) is 0 Å². The summed E-state index contributed by atoms with van der Waals surface area (Å²) < 4.78 is 87.8. The largest absolute Gasteiger partial charge is 1.00 e. The average molecular weight is 949 g/mol. The van der Waals surface area contributed by atoms with Crippen molar-refractivity contribution < 1.29 is 116 Å². The minimum absolute atomic E-state index is 0. The maximum atomic E-state index is 12.6. The van der Waals surface area contributed by atoms with Crippen LogP contribution >= 0.6 is 15.6 Å². The molecule has 0 saturated heterocycles. The van der Waals surface area contributed by atoms with Crippen LogP contribution in [0.3, 0.4) is 0 Å². The third-order valence-corrected chi connectivity index (χ3v) is 13.5. The molecule has 0 aliphatic rings. The van der Waals surface area contributed by atoms with Gasteiger partial charge in [0.2, 0.25) is 0 Å². The fourth-order valence-corrected chi connectivity index (χ4v) is 8.60. The van der Waals surface area contributed by atoms with Gasteiger partial charge in [0.25, 0.3) is 15.6 Å². The van der Waals surface area contributed by atoms with E-state index >= 15 is 0 Å². The number of rotatable bonds is 43. The standard InChI is InChI=1S/C47H98O11P2.2Na/c1-38(2)18-12-20-40(5)22-14-24-42(7)26-16-28-44(9)30-32-54-36-47(37-58-60(51,52)57-35-46(48)34-56-59(49,50)53-11)55-33-31-45(10)29-17-27-43(8)25-15-23-41(6)21-13-19-39(3)4;;/h38-48H,12-37H2,1-11H3,(H,49,50)(H,51,52);;/q;2*+1/p-2/t40-,41-,42-,43-,44-,45-,46-,47+;;/m1../s1/i9D3,44D;;. The van der Waals surface area contributed by atoms with Gasteiger partial charge in [-0.15, -0.1) is 0 Å². The predicted octanol–water partition coefficient (Wildman–Crippen LogP) is 6.32. The van der Waals surface area contributed by atoms with Crippen LogP contribution in [0.2, 0.25) is 0 Å². The second-order valence-electron chi connectivity index (χ2n) is 19.2. The molecule has 0 heterocycles. The Morgan fingerprint density at radius 3 is 1.29 bits per heavy atom. The van der Waals surface area contributed by atoms with Gasteiger partial charge in [0, 0.05) is 25.8 Å². The summed E-state index contributed by atoms with van der Waals surface area (Å²) in [5.74, 6) is 2.78. The van der Waals surface area contributed by atoms with E-state index in [1.165, 1.54) is 70.6 Å². The van der Waals surface area contributed by atoms with Crippen LogP contribution in [0.4, 0.5) is 0 Å². The van der Waals surface area contributed by atoms with E-state index in [2.05, 4.69) is 71.4 Å². The third-order valence-electron chi connectivity index (χ3n) is 11.6. The van der Waals surface area contributed by atoms with E-state index in [0.717, 1.165) is 63.4 Å². The first-order valence-corrected chi connectivity index (χ1v) is 26.7. The first kappa shape index (κ1) is 60.2. The normalized spacial score (nSPS) is 19.5. The van der Waals surface area contributed by atoms with Crippen LogP contribution in [-0.2, 0) is 36.7 Å². The van der Waals surface area contributed by atoms with Crippen molar-refractivity contribution in [2.24, 2.45) is 47.3 Å². The minimum atomic E-state index is -4.98. The van der Waals surface area contributed by atoms with Gasteiger partial charge in [0.1, 0.15) is 12.2 Å². The van der Waals surface area contributed by atoms with Crippen molar-refractivity contribution in [2.45, 2.75) is 210 Å². The molecule has 11 nitrogen and oxygen atoms in total. The summed E-state index contributed by atoms with van der Waals surface area (Å²) in [7, 11) is -8.73. The molecule has 0 bridgehead atoms. The second-order valence-corrected chi connectivity index (χ2v) is 22.1. The van der Waals surface area contributed by atoms with E-state index in [9.17, 15) is 24.0 Å². The molecule has 0 radical (unpaired) electrons. The smallest absolute Gasteiger partial charge is 0.756 e. The van der Waals surface area contributed by atoms with Gasteiger partial charge in [0.05, 0.1) is 26.4 Å². The number of hydrogen-bond acceptors (Lipinski definition) is 11. The molecule has 0 aromatic carbocycles. The molecule has 0 amide bonds. The van der Waals surface area contributed by atoms with Gasteiger partial charge in [-0.05, 0) is 60.2 Å². The molecule has 0 aromatic rings. The van der Waals surface area contributed by atoms with E-state index in [1.807, 2.05) is 0 Å². The number of ether oxygens (including phenoxy) is 2. The average Bonchev–Trinajstić information content (AvgIpc) is 3.19. The summed E-state index contributed by atoms with van der Waals surface area (Å²) in [6, 6.07) is 0. The van der Waals surface area contributed by atoms with Gasteiger partial charge in [-0.25, -0.2) is 0 Å². The number of phosphoric ester groups is 2.